The summed E-state index contributed by atoms with van der Waals surface area (Å²) in [5.41, 5.74) is 0.441. The summed E-state index contributed by atoms with van der Waals surface area (Å²) in [4.78, 5) is 0. The Kier molecular flexibility index (Phi) is 4.74. The summed E-state index contributed by atoms with van der Waals surface area (Å²) < 4.78 is 5.83. The molecule has 3 rings (SSSR count). The highest BCUT2D eigenvalue weighted by Crippen LogP contribution is 2.55. The van der Waals surface area contributed by atoms with Gasteiger partial charge in [-0.2, -0.15) is 0 Å². The quantitative estimate of drug-likeness (QED) is 0.561. The summed E-state index contributed by atoms with van der Waals surface area (Å²) in [6.45, 7) is 5.40. The lowest BCUT2D eigenvalue weighted by molar-refractivity contribution is 0.0295. The molecule has 0 amide bonds. The third kappa shape index (κ3) is 3.16. The van der Waals surface area contributed by atoms with Gasteiger partial charge in [0.15, 0.2) is 0 Å². The van der Waals surface area contributed by atoms with E-state index in [1.54, 1.807) is 0 Å². The molecule has 17 heavy (non-hydrogen) atoms. The number of unbranched alkanes of at least 4 members (excludes halogenated alkanes) is 2. The average molecular weight is 270 g/mol. The van der Waals surface area contributed by atoms with Gasteiger partial charge in [0.05, 0.1) is 6.61 Å². The highest BCUT2D eigenvalue weighted by molar-refractivity contribution is 8.19. The van der Waals surface area contributed by atoms with Crippen LogP contribution in [0, 0.1) is 17.3 Å². The smallest absolute Gasteiger partial charge is 0.223 e. The number of fused-ring (bicyclic) bond motifs is 3. The summed E-state index contributed by atoms with van der Waals surface area (Å²) in [6.07, 6.45) is 6.01. The maximum atomic E-state index is 6.05. The Balaban J connectivity index is 1.91. The molecule has 3 fully saturated rings. The van der Waals surface area contributed by atoms with Gasteiger partial charge in [-0.05, 0) is 18.8 Å². The zero-order chi connectivity index (χ0) is 12.2. The molecule has 3 saturated heterocycles. The van der Waals surface area contributed by atoms with Crippen LogP contribution in [0.25, 0.3) is 0 Å². The minimum atomic E-state index is -0.219. The molecular weight excluding hydrogens is 248 g/mol. The lowest BCUT2D eigenvalue weighted by atomic mass is 9.88. The van der Waals surface area contributed by atoms with Gasteiger partial charge in [0.2, 0.25) is 4.27 Å². The molecule has 0 aromatic heterocycles. The Morgan fingerprint density at radius 3 is 2.47 bits per heavy atom. The first kappa shape index (κ1) is 13.6. The summed E-state index contributed by atoms with van der Waals surface area (Å²) in [7, 11) is 0. The van der Waals surface area contributed by atoms with E-state index in [1.807, 2.05) is 23.5 Å². The van der Waals surface area contributed by atoms with Crippen LogP contribution in [0.5, 0.6) is 0 Å². The van der Waals surface area contributed by atoms with E-state index in [2.05, 4.69) is 25.7 Å². The molecule has 0 atom stereocenters. The molecule has 0 aromatic carbocycles. The van der Waals surface area contributed by atoms with Crippen molar-refractivity contribution in [3.8, 4) is 11.8 Å². The molecule has 0 saturated carbocycles. The van der Waals surface area contributed by atoms with Crippen molar-refractivity contribution in [1.29, 1.82) is 0 Å². The van der Waals surface area contributed by atoms with Gasteiger partial charge in [0.25, 0.3) is 0 Å². The second kappa shape index (κ2) is 5.91. The van der Waals surface area contributed by atoms with Crippen molar-refractivity contribution >= 4 is 23.5 Å². The summed E-state index contributed by atoms with van der Waals surface area (Å²) in [5.74, 6) is 9.14. The molecule has 0 N–H and O–H groups in total. The fourth-order valence-electron chi connectivity index (χ4n) is 2.29. The molecule has 3 aliphatic heterocycles. The van der Waals surface area contributed by atoms with E-state index in [1.165, 1.54) is 37.2 Å². The van der Waals surface area contributed by atoms with E-state index in [0.717, 1.165) is 13.0 Å². The van der Waals surface area contributed by atoms with Crippen LogP contribution in [0.1, 0.15) is 46.0 Å². The molecule has 0 aromatic rings. The lowest BCUT2D eigenvalue weighted by Gasteiger charge is -2.49. The van der Waals surface area contributed by atoms with Gasteiger partial charge in [-0.3, -0.25) is 0 Å². The Hall–Kier alpha value is 0.220. The zero-order valence-electron chi connectivity index (χ0n) is 10.9. The Morgan fingerprint density at radius 1 is 1.18 bits per heavy atom. The highest BCUT2D eigenvalue weighted by Gasteiger charge is 2.50. The molecule has 0 radical (unpaired) electrons. The van der Waals surface area contributed by atoms with Crippen LogP contribution in [-0.2, 0) is 4.74 Å². The lowest BCUT2D eigenvalue weighted by Crippen LogP contribution is -2.49. The highest BCUT2D eigenvalue weighted by atomic mass is 32.2. The Morgan fingerprint density at radius 2 is 1.94 bits per heavy atom. The average Bonchev–Trinajstić information content (AvgIpc) is 2.38. The van der Waals surface area contributed by atoms with Crippen molar-refractivity contribution < 1.29 is 4.74 Å². The number of thioether (sulfide) groups is 2. The van der Waals surface area contributed by atoms with E-state index in [0.29, 0.717) is 5.41 Å². The van der Waals surface area contributed by atoms with Crippen LogP contribution in [0.2, 0.25) is 0 Å². The third-order valence-corrected chi connectivity index (χ3v) is 6.80. The molecule has 3 heteroatoms. The van der Waals surface area contributed by atoms with E-state index in [4.69, 9.17) is 4.74 Å². The van der Waals surface area contributed by atoms with Gasteiger partial charge in [0.1, 0.15) is 0 Å². The fraction of sp³-hybridized carbons (Fsp3) is 0.857. The number of hydrogen-bond acceptors (Lipinski definition) is 3. The zero-order valence-corrected chi connectivity index (χ0v) is 12.5. The number of ether oxygens (including phenoxy) is 1. The van der Waals surface area contributed by atoms with E-state index >= 15 is 0 Å². The normalized spacial score (nSPS) is 35.4. The van der Waals surface area contributed by atoms with Gasteiger partial charge < -0.3 is 4.74 Å². The molecule has 0 aliphatic carbocycles. The fourth-order valence-corrected chi connectivity index (χ4v) is 5.33. The van der Waals surface area contributed by atoms with Crippen molar-refractivity contribution in [2.45, 2.75) is 50.2 Å². The first-order chi connectivity index (χ1) is 8.24. The van der Waals surface area contributed by atoms with Gasteiger partial charge in [-0.1, -0.05) is 32.6 Å². The predicted molar refractivity (Wildman–Crippen MR) is 78.2 cm³/mol. The maximum absolute atomic E-state index is 6.05. The molecule has 96 valence electrons. The third-order valence-electron chi connectivity index (χ3n) is 3.38. The van der Waals surface area contributed by atoms with Crippen LogP contribution >= 0.6 is 23.5 Å². The van der Waals surface area contributed by atoms with Crippen molar-refractivity contribution in [3.05, 3.63) is 0 Å². The SMILES string of the molecule is CCCCC#CC12OCC(CCC)(CS1)CS2. The Bertz CT molecular complexity index is 291. The van der Waals surface area contributed by atoms with Crippen LogP contribution in [-0.4, -0.2) is 22.4 Å². The van der Waals surface area contributed by atoms with E-state index in [9.17, 15) is 0 Å². The molecule has 0 unspecified atom stereocenters. The first-order valence-electron chi connectivity index (χ1n) is 6.66. The van der Waals surface area contributed by atoms with Crippen LogP contribution in [0.3, 0.4) is 0 Å². The van der Waals surface area contributed by atoms with E-state index in [-0.39, 0.29) is 4.27 Å². The first-order valence-corrected chi connectivity index (χ1v) is 8.63. The van der Waals surface area contributed by atoms with Crippen molar-refractivity contribution in [2.75, 3.05) is 18.1 Å². The van der Waals surface area contributed by atoms with Crippen LogP contribution in [0.4, 0.5) is 0 Å². The summed E-state index contributed by atoms with van der Waals surface area (Å²) in [6, 6.07) is 0. The van der Waals surface area contributed by atoms with Gasteiger partial charge >= 0.3 is 0 Å². The van der Waals surface area contributed by atoms with Gasteiger partial charge in [0, 0.05) is 23.3 Å². The predicted octanol–water partition coefficient (Wildman–Crippen LogP) is 4.13. The second-order valence-corrected chi connectivity index (χ2v) is 7.64. The minimum Gasteiger partial charge on any atom is -0.344 e. The van der Waals surface area contributed by atoms with E-state index < -0.39 is 0 Å². The van der Waals surface area contributed by atoms with Gasteiger partial charge in [-0.15, -0.1) is 23.5 Å². The topological polar surface area (TPSA) is 9.23 Å². The summed E-state index contributed by atoms with van der Waals surface area (Å²) in [5, 5.41) is 0. The largest absolute Gasteiger partial charge is 0.344 e. The molecule has 0 spiro atoms. The molecule has 1 nitrogen and oxygen atoms in total. The number of rotatable bonds is 4. The molecule has 3 heterocycles. The monoisotopic (exact) mass is 270 g/mol. The Labute approximate surface area is 114 Å². The van der Waals surface area contributed by atoms with Crippen molar-refractivity contribution in [1.82, 2.24) is 0 Å². The van der Waals surface area contributed by atoms with Crippen LogP contribution in [0.15, 0.2) is 0 Å². The van der Waals surface area contributed by atoms with Crippen LogP contribution < -0.4 is 0 Å². The molecule has 2 bridgehead atoms. The number of hydrogen-bond donors (Lipinski definition) is 0. The molecular formula is C14H22OS2. The van der Waals surface area contributed by atoms with Crippen molar-refractivity contribution in [2.24, 2.45) is 5.41 Å². The second-order valence-electron chi connectivity index (χ2n) is 5.08. The maximum Gasteiger partial charge on any atom is 0.223 e. The van der Waals surface area contributed by atoms with Gasteiger partial charge in [-0.25, -0.2) is 0 Å². The molecule has 3 aliphatic rings. The summed E-state index contributed by atoms with van der Waals surface area (Å²) >= 11 is 3.85. The minimum absolute atomic E-state index is 0.219. The van der Waals surface area contributed by atoms with Crippen molar-refractivity contribution in [3.63, 3.8) is 0 Å². The standard InChI is InChI=1S/C14H22OS2/c1-3-5-6-7-9-14-15-10-13(8-4-2,11-16-14)12-17-14/h3-6,8,10-12H2,1-2H3.